The van der Waals surface area contributed by atoms with Crippen molar-refractivity contribution in [3.63, 3.8) is 0 Å². The van der Waals surface area contributed by atoms with E-state index in [1.54, 1.807) is 6.07 Å². The molecule has 0 aliphatic rings. The Hall–Kier alpha value is -2.29. The first-order chi connectivity index (χ1) is 8.56. The largest absolute Gasteiger partial charge is 0.385 e. The molecular weight excluding hydrogens is 243 g/mol. The summed E-state index contributed by atoms with van der Waals surface area (Å²) in [5, 5.41) is 18.2. The third kappa shape index (κ3) is 3.94. The average Bonchev–Trinajstić information content (AvgIpc) is 2.33. The van der Waals surface area contributed by atoms with Crippen LogP contribution < -0.4 is 5.32 Å². The molecule has 0 atom stereocenters. The van der Waals surface area contributed by atoms with Gasteiger partial charge in [-0.15, -0.1) is 0 Å². The van der Waals surface area contributed by atoms with Gasteiger partial charge in [0.05, 0.1) is 18.2 Å². The molecule has 1 aromatic carbocycles. The second-order valence-electron chi connectivity index (χ2n) is 3.38. The molecule has 0 aromatic heterocycles. The normalized spacial score (nSPS) is 11.2. The van der Waals surface area contributed by atoms with Gasteiger partial charge in [0.25, 0.3) is 6.43 Å². The standard InChI is InChI=1S/C12H10F3N3/c13-11-2-8(4-16)1-9(3-11)10(5-17)6-18-7-12(14)15/h1-3,5-6,12,17-18H,7H2/b10-6+,17-5?. The first-order valence-corrected chi connectivity index (χ1v) is 5.00. The molecule has 0 aliphatic heterocycles. The molecule has 1 aromatic rings. The molecule has 0 bridgehead atoms. The SMILES string of the molecule is N#Cc1cc(F)cc(/C(C=N)=C/NCC(F)F)c1. The summed E-state index contributed by atoms with van der Waals surface area (Å²) in [4.78, 5) is 0. The number of allylic oxidation sites excluding steroid dienone is 1. The Morgan fingerprint density at radius 2 is 2.17 bits per heavy atom. The number of nitrogens with zero attached hydrogens (tertiary/aromatic N) is 1. The van der Waals surface area contributed by atoms with Crippen LogP contribution in [0.4, 0.5) is 13.2 Å². The van der Waals surface area contributed by atoms with E-state index < -0.39 is 18.8 Å². The van der Waals surface area contributed by atoms with Gasteiger partial charge >= 0.3 is 0 Å². The van der Waals surface area contributed by atoms with Crippen LogP contribution in [0.25, 0.3) is 5.57 Å². The Labute approximate surface area is 102 Å². The van der Waals surface area contributed by atoms with Gasteiger partial charge in [-0.05, 0) is 23.8 Å². The summed E-state index contributed by atoms with van der Waals surface area (Å²) in [6, 6.07) is 5.34. The fraction of sp³-hybridized carbons (Fsp3) is 0.167. The lowest BCUT2D eigenvalue weighted by molar-refractivity contribution is 0.151. The summed E-state index contributed by atoms with van der Waals surface area (Å²) in [6.07, 6.45) is -0.431. The Balaban J connectivity index is 2.98. The van der Waals surface area contributed by atoms with Gasteiger partial charge in [-0.1, -0.05) is 0 Å². The second kappa shape index (κ2) is 6.45. The van der Waals surface area contributed by atoms with Crippen LogP contribution in [0, 0.1) is 22.6 Å². The van der Waals surface area contributed by atoms with E-state index in [1.807, 2.05) is 0 Å². The van der Waals surface area contributed by atoms with Crippen molar-refractivity contribution in [2.24, 2.45) is 0 Å². The lowest BCUT2D eigenvalue weighted by Crippen LogP contribution is -2.15. The smallest absolute Gasteiger partial charge is 0.255 e. The summed E-state index contributed by atoms with van der Waals surface area (Å²) in [6.45, 7) is -0.558. The van der Waals surface area contributed by atoms with E-state index >= 15 is 0 Å². The maximum absolute atomic E-state index is 13.2. The van der Waals surface area contributed by atoms with E-state index in [1.165, 1.54) is 12.3 Å². The first kappa shape index (κ1) is 13.8. The molecular formula is C12H10F3N3. The van der Waals surface area contributed by atoms with E-state index in [2.05, 4.69) is 5.32 Å². The highest BCUT2D eigenvalue weighted by atomic mass is 19.3. The maximum Gasteiger partial charge on any atom is 0.255 e. The number of nitriles is 1. The Morgan fingerprint density at radius 1 is 1.44 bits per heavy atom. The fourth-order valence-electron chi connectivity index (χ4n) is 1.29. The molecule has 0 saturated heterocycles. The van der Waals surface area contributed by atoms with E-state index in [0.29, 0.717) is 0 Å². The number of nitrogens with one attached hydrogen (secondary N) is 2. The van der Waals surface area contributed by atoms with Crippen LogP contribution in [0.5, 0.6) is 0 Å². The molecule has 0 saturated carbocycles. The third-order valence-corrected chi connectivity index (χ3v) is 2.05. The zero-order valence-corrected chi connectivity index (χ0v) is 9.25. The van der Waals surface area contributed by atoms with Gasteiger partial charge in [0.2, 0.25) is 0 Å². The molecule has 0 heterocycles. The predicted molar refractivity (Wildman–Crippen MR) is 61.9 cm³/mol. The number of benzene rings is 1. The minimum atomic E-state index is -2.52. The summed E-state index contributed by atoms with van der Waals surface area (Å²) >= 11 is 0. The lowest BCUT2D eigenvalue weighted by atomic mass is 10.0. The van der Waals surface area contributed by atoms with Gasteiger partial charge in [0.1, 0.15) is 5.82 Å². The van der Waals surface area contributed by atoms with E-state index in [0.717, 1.165) is 18.3 Å². The minimum Gasteiger partial charge on any atom is -0.385 e. The van der Waals surface area contributed by atoms with Crippen LogP contribution in [-0.2, 0) is 0 Å². The third-order valence-electron chi connectivity index (χ3n) is 2.05. The number of halogens is 3. The van der Waals surface area contributed by atoms with Crippen molar-refractivity contribution in [2.75, 3.05) is 6.54 Å². The Kier molecular flexibility index (Phi) is 4.93. The quantitative estimate of drug-likeness (QED) is 0.792. The van der Waals surface area contributed by atoms with Gasteiger partial charge < -0.3 is 10.7 Å². The Bertz CT molecular complexity index is 504. The highest BCUT2D eigenvalue weighted by molar-refractivity contribution is 6.08. The number of hydrogen-bond acceptors (Lipinski definition) is 3. The van der Waals surface area contributed by atoms with Crippen molar-refractivity contribution < 1.29 is 13.2 Å². The van der Waals surface area contributed by atoms with Crippen LogP contribution in [0.2, 0.25) is 0 Å². The van der Waals surface area contributed by atoms with Gasteiger partial charge in [0, 0.05) is 18.0 Å². The topological polar surface area (TPSA) is 59.7 Å². The summed E-state index contributed by atoms with van der Waals surface area (Å²) < 4.78 is 37.0. The van der Waals surface area contributed by atoms with Crippen molar-refractivity contribution in [3.8, 4) is 6.07 Å². The molecule has 18 heavy (non-hydrogen) atoms. The van der Waals surface area contributed by atoms with E-state index in [9.17, 15) is 13.2 Å². The molecule has 6 heteroatoms. The molecule has 0 fully saturated rings. The molecule has 94 valence electrons. The van der Waals surface area contributed by atoms with Gasteiger partial charge in [-0.25, -0.2) is 13.2 Å². The molecule has 0 radical (unpaired) electrons. The molecule has 0 unspecified atom stereocenters. The van der Waals surface area contributed by atoms with Crippen molar-refractivity contribution in [1.82, 2.24) is 5.32 Å². The number of rotatable bonds is 5. The summed E-state index contributed by atoms with van der Waals surface area (Å²) in [7, 11) is 0. The minimum absolute atomic E-state index is 0.103. The highest BCUT2D eigenvalue weighted by Gasteiger charge is 2.05. The maximum atomic E-state index is 13.2. The van der Waals surface area contributed by atoms with Gasteiger partial charge in [-0.3, -0.25) is 0 Å². The van der Waals surface area contributed by atoms with Gasteiger partial charge in [-0.2, -0.15) is 5.26 Å². The lowest BCUT2D eigenvalue weighted by Gasteiger charge is -2.05. The molecule has 2 N–H and O–H groups in total. The number of alkyl halides is 2. The van der Waals surface area contributed by atoms with Crippen molar-refractivity contribution >= 4 is 11.8 Å². The van der Waals surface area contributed by atoms with Crippen LogP contribution in [0.3, 0.4) is 0 Å². The molecule has 0 amide bonds. The fourth-order valence-corrected chi connectivity index (χ4v) is 1.29. The summed E-state index contributed by atoms with van der Waals surface area (Å²) in [5.41, 5.74) is 0.599. The van der Waals surface area contributed by atoms with E-state index in [-0.39, 0.29) is 16.7 Å². The predicted octanol–water partition coefficient (Wildman–Crippen LogP) is 2.54. The van der Waals surface area contributed by atoms with Crippen molar-refractivity contribution in [2.45, 2.75) is 6.43 Å². The molecule has 1 rings (SSSR count). The van der Waals surface area contributed by atoms with Crippen LogP contribution in [0.15, 0.2) is 24.4 Å². The van der Waals surface area contributed by atoms with Crippen LogP contribution in [-0.4, -0.2) is 19.2 Å². The van der Waals surface area contributed by atoms with Crippen molar-refractivity contribution in [3.05, 3.63) is 41.3 Å². The monoisotopic (exact) mass is 253 g/mol. The average molecular weight is 253 g/mol. The van der Waals surface area contributed by atoms with Crippen LogP contribution >= 0.6 is 0 Å². The zero-order chi connectivity index (χ0) is 13.5. The summed E-state index contributed by atoms with van der Waals surface area (Å²) in [5.74, 6) is -0.620. The number of hydrogen-bond donors (Lipinski definition) is 2. The first-order valence-electron chi connectivity index (χ1n) is 5.00. The zero-order valence-electron chi connectivity index (χ0n) is 9.25. The molecule has 0 spiro atoms. The molecule has 0 aliphatic carbocycles. The second-order valence-corrected chi connectivity index (χ2v) is 3.38. The highest BCUT2D eigenvalue weighted by Crippen LogP contribution is 2.15. The molecule has 3 nitrogen and oxygen atoms in total. The van der Waals surface area contributed by atoms with Gasteiger partial charge in [0.15, 0.2) is 0 Å². The Morgan fingerprint density at radius 3 is 2.72 bits per heavy atom. The van der Waals surface area contributed by atoms with E-state index in [4.69, 9.17) is 10.7 Å². The van der Waals surface area contributed by atoms with Crippen molar-refractivity contribution in [1.29, 1.82) is 10.7 Å². The van der Waals surface area contributed by atoms with Crippen LogP contribution in [0.1, 0.15) is 11.1 Å².